The van der Waals surface area contributed by atoms with Crippen molar-refractivity contribution in [2.75, 3.05) is 13.4 Å². The Bertz CT molecular complexity index is 497. The Labute approximate surface area is 110 Å². The molecule has 0 aliphatic rings. The second-order valence-corrected chi connectivity index (χ2v) is 4.21. The molecule has 3 heteroatoms. The van der Waals surface area contributed by atoms with Crippen LogP contribution >= 0.6 is 15.9 Å². The van der Waals surface area contributed by atoms with Crippen LogP contribution in [0.2, 0.25) is 0 Å². The molecule has 2 nitrogen and oxygen atoms in total. The Kier molecular flexibility index (Phi) is 4.40. The van der Waals surface area contributed by atoms with Crippen molar-refractivity contribution < 1.29 is 9.47 Å². The number of hydrogen-bond donors (Lipinski definition) is 0. The number of halogens is 1. The standard InChI is InChI=1S/C14H15BrO2/c1-2-16-10-17-14-8-7-11-5-3-4-6-12(11)13(14)9-15/h3-8H,2,9-10H2,1H3. The summed E-state index contributed by atoms with van der Waals surface area (Å²) in [5, 5.41) is 3.22. The molecule has 0 spiro atoms. The van der Waals surface area contributed by atoms with Gasteiger partial charge in [0.05, 0.1) is 0 Å². The van der Waals surface area contributed by atoms with Gasteiger partial charge in [0.25, 0.3) is 0 Å². The van der Waals surface area contributed by atoms with Gasteiger partial charge in [-0.25, -0.2) is 0 Å². The lowest BCUT2D eigenvalue weighted by molar-refractivity contribution is 0.0221. The molecule has 2 aromatic rings. The molecule has 90 valence electrons. The van der Waals surface area contributed by atoms with Crippen molar-refractivity contribution in [1.82, 2.24) is 0 Å². The van der Waals surface area contributed by atoms with Crippen molar-refractivity contribution in [1.29, 1.82) is 0 Å². The monoisotopic (exact) mass is 294 g/mol. The minimum absolute atomic E-state index is 0.300. The maximum absolute atomic E-state index is 5.62. The van der Waals surface area contributed by atoms with Crippen LogP contribution in [-0.2, 0) is 10.1 Å². The zero-order chi connectivity index (χ0) is 12.1. The number of benzene rings is 2. The van der Waals surface area contributed by atoms with E-state index in [2.05, 4.69) is 34.1 Å². The van der Waals surface area contributed by atoms with Gasteiger partial charge in [0.2, 0.25) is 0 Å². The molecule has 0 bridgehead atoms. The first-order valence-corrected chi connectivity index (χ1v) is 6.76. The molecular formula is C14H15BrO2. The van der Waals surface area contributed by atoms with Crippen molar-refractivity contribution in [3.8, 4) is 5.75 Å². The van der Waals surface area contributed by atoms with Gasteiger partial charge >= 0.3 is 0 Å². The molecule has 0 unspecified atom stereocenters. The minimum atomic E-state index is 0.300. The zero-order valence-electron chi connectivity index (χ0n) is 9.78. The first kappa shape index (κ1) is 12.4. The molecule has 2 rings (SSSR count). The van der Waals surface area contributed by atoms with E-state index < -0.39 is 0 Å². The summed E-state index contributed by atoms with van der Waals surface area (Å²) in [6.45, 7) is 2.92. The van der Waals surface area contributed by atoms with E-state index in [1.807, 2.05) is 25.1 Å². The van der Waals surface area contributed by atoms with Gasteiger partial charge in [0.15, 0.2) is 6.79 Å². The summed E-state index contributed by atoms with van der Waals surface area (Å²) in [6, 6.07) is 12.4. The smallest absolute Gasteiger partial charge is 0.189 e. The average Bonchev–Trinajstić information content (AvgIpc) is 2.38. The predicted molar refractivity (Wildman–Crippen MR) is 73.7 cm³/mol. The number of hydrogen-bond acceptors (Lipinski definition) is 2. The fourth-order valence-corrected chi connectivity index (χ4v) is 2.36. The van der Waals surface area contributed by atoms with Gasteiger partial charge in [-0.05, 0) is 23.8 Å². The molecular weight excluding hydrogens is 280 g/mol. The highest BCUT2D eigenvalue weighted by atomic mass is 79.9. The summed E-state index contributed by atoms with van der Waals surface area (Å²) in [7, 11) is 0. The van der Waals surface area contributed by atoms with Crippen LogP contribution in [0.1, 0.15) is 12.5 Å². The van der Waals surface area contributed by atoms with Crippen molar-refractivity contribution >= 4 is 26.7 Å². The minimum Gasteiger partial charge on any atom is -0.467 e. The summed E-state index contributed by atoms with van der Waals surface area (Å²) in [4.78, 5) is 0. The van der Waals surface area contributed by atoms with Gasteiger partial charge in [0.1, 0.15) is 5.75 Å². The maximum atomic E-state index is 5.62. The number of fused-ring (bicyclic) bond motifs is 1. The van der Waals surface area contributed by atoms with Crippen molar-refractivity contribution in [2.45, 2.75) is 12.3 Å². The Morgan fingerprint density at radius 3 is 2.71 bits per heavy atom. The van der Waals surface area contributed by atoms with E-state index in [-0.39, 0.29) is 0 Å². The number of ether oxygens (including phenoxy) is 2. The fraction of sp³-hybridized carbons (Fsp3) is 0.286. The van der Waals surface area contributed by atoms with E-state index in [1.54, 1.807) is 0 Å². The van der Waals surface area contributed by atoms with Gasteiger partial charge in [-0.3, -0.25) is 0 Å². The van der Waals surface area contributed by atoms with E-state index >= 15 is 0 Å². The lowest BCUT2D eigenvalue weighted by atomic mass is 10.0. The molecule has 0 aromatic heterocycles. The van der Waals surface area contributed by atoms with Gasteiger partial charge in [-0.2, -0.15) is 0 Å². The third-order valence-electron chi connectivity index (χ3n) is 2.63. The largest absolute Gasteiger partial charge is 0.467 e. The Morgan fingerprint density at radius 1 is 1.12 bits per heavy atom. The summed E-state index contributed by atoms with van der Waals surface area (Å²) in [5.74, 6) is 0.883. The second-order valence-electron chi connectivity index (χ2n) is 3.65. The molecule has 0 saturated carbocycles. The quantitative estimate of drug-likeness (QED) is 0.469. The van der Waals surface area contributed by atoms with Gasteiger partial charge in [0, 0.05) is 17.5 Å². The lowest BCUT2D eigenvalue weighted by Crippen LogP contribution is -2.03. The van der Waals surface area contributed by atoms with Crippen molar-refractivity contribution in [2.24, 2.45) is 0 Å². The number of alkyl halides is 1. The molecule has 0 amide bonds. The molecule has 0 N–H and O–H groups in total. The predicted octanol–water partition coefficient (Wildman–Crippen LogP) is 4.11. The normalized spacial score (nSPS) is 10.7. The highest BCUT2D eigenvalue weighted by Gasteiger charge is 2.07. The van der Waals surface area contributed by atoms with Crippen LogP contribution in [0.4, 0.5) is 0 Å². The molecule has 0 atom stereocenters. The SMILES string of the molecule is CCOCOc1ccc2ccccc2c1CBr. The summed E-state index contributed by atoms with van der Waals surface area (Å²) in [6.07, 6.45) is 0. The van der Waals surface area contributed by atoms with Crippen LogP contribution in [0.15, 0.2) is 36.4 Å². The molecule has 0 aliphatic carbocycles. The summed E-state index contributed by atoms with van der Waals surface area (Å²) in [5.41, 5.74) is 1.17. The lowest BCUT2D eigenvalue weighted by Gasteiger charge is -2.12. The molecule has 0 fully saturated rings. The first-order valence-electron chi connectivity index (χ1n) is 5.64. The highest BCUT2D eigenvalue weighted by molar-refractivity contribution is 9.08. The summed E-state index contributed by atoms with van der Waals surface area (Å²) < 4.78 is 10.8. The van der Waals surface area contributed by atoms with Gasteiger partial charge in [-0.15, -0.1) is 0 Å². The third kappa shape index (κ3) is 2.79. The van der Waals surface area contributed by atoms with Gasteiger partial charge < -0.3 is 9.47 Å². The van der Waals surface area contributed by atoms with Crippen molar-refractivity contribution in [3.63, 3.8) is 0 Å². The van der Waals surface area contributed by atoms with Gasteiger partial charge in [-0.1, -0.05) is 46.3 Å². The Morgan fingerprint density at radius 2 is 1.94 bits per heavy atom. The van der Waals surface area contributed by atoms with Crippen LogP contribution in [0.3, 0.4) is 0 Å². The van der Waals surface area contributed by atoms with Crippen LogP contribution in [0.5, 0.6) is 5.75 Å². The molecule has 17 heavy (non-hydrogen) atoms. The molecule has 0 heterocycles. The summed E-state index contributed by atoms with van der Waals surface area (Å²) >= 11 is 3.52. The fourth-order valence-electron chi connectivity index (χ4n) is 1.78. The highest BCUT2D eigenvalue weighted by Crippen LogP contribution is 2.29. The van der Waals surface area contributed by atoms with Crippen molar-refractivity contribution in [3.05, 3.63) is 42.0 Å². The molecule has 0 saturated heterocycles. The van der Waals surface area contributed by atoms with E-state index in [9.17, 15) is 0 Å². The third-order valence-corrected chi connectivity index (χ3v) is 3.19. The molecule has 0 aliphatic heterocycles. The molecule has 2 aromatic carbocycles. The second kappa shape index (κ2) is 6.03. The average molecular weight is 295 g/mol. The first-order chi connectivity index (χ1) is 8.36. The van der Waals surface area contributed by atoms with Crippen LogP contribution < -0.4 is 4.74 Å². The Hall–Kier alpha value is -1.06. The van der Waals surface area contributed by atoms with Crippen LogP contribution in [0.25, 0.3) is 10.8 Å². The number of rotatable bonds is 5. The molecule has 0 radical (unpaired) electrons. The van der Waals surface area contributed by atoms with E-state index in [1.165, 1.54) is 16.3 Å². The Balaban J connectivity index is 2.35. The van der Waals surface area contributed by atoms with E-state index in [0.717, 1.165) is 11.1 Å². The van der Waals surface area contributed by atoms with Crippen LogP contribution in [-0.4, -0.2) is 13.4 Å². The van der Waals surface area contributed by atoms with Crippen LogP contribution in [0, 0.1) is 0 Å². The topological polar surface area (TPSA) is 18.5 Å². The zero-order valence-corrected chi connectivity index (χ0v) is 11.4. The maximum Gasteiger partial charge on any atom is 0.189 e. The van der Waals surface area contributed by atoms with E-state index in [4.69, 9.17) is 9.47 Å². The van der Waals surface area contributed by atoms with E-state index in [0.29, 0.717) is 13.4 Å².